The van der Waals surface area contributed by atoms with Gasteiger partial charge in [0.15, 0.2) is 11.5 Å². The third-order valence-electron chi connectivity index (χ3n) is 5.91. The number of hydrogen-bond acceptors (Lipinski definition) is 5. The number of aromatic nitrogens is 1. The van der Waals surface area contributed by atoms with E-state index in [1.165, 1.54) is 32.1 Å². The molecule has 1 heterocycles. The molecule has 184 valence electrons. The fourth-order valence-electron chi connectivity index (χ4n) is 4.16. The van der Waals surface area contributed by atoms with Crippen molar-refractivity contribution >= 4 is 16.9 Å². The molecule has 2 rings (SSSR count). The summed E-state index contributed by atoms with van der Waals surface area (Å²) >= 11 is 0. The van der Waals surface area contributed by atoms with Gasteiger partial charge in [0.05, 0.1) is 30.7 Å². The van der Waals surface area contributed by atoms with Crippen molar-refractivity contribution in [1.82, 2.24) is 4.57 Å². The van der Waals surface area contributed by atoms with Crippen LogP contribution in [0.4, 0.5) is 0 Å². The van der Waals surface area contributed by atoms with Gasteiger partial charge in [-0.15, -0.1) is 0 Å². The molecular weight excluding hydrogens is 418 g/mol. The zero-order chi connectivity index (χ0) is 24.2. The van der Waals surface area contributed by atoms with Crippen LogP contribution in [-0.4, -0.2) is 30.4 Å². The van der Waals surface area contributed by atoms with E-state index in [-0.39, 0.29) is 17.6 Å². The van der Waals surface area contributed by atoms with Gasteiger partial charge in [0.25, 0.3) is 0 Å². The van der Waals surface area contributed by atoms with Gasteiger partial charge >= 0.3 is 5.97 Å². The Labute approximate surface area is 198 Å². The number of hydrogen-bond donors (Lipinski definition) is 0. The van der Waals surface area contributed by atoms with Crippen LogP contribution in [0.2, 0.25) is 0 Å². The van der Waals surface area contributed by atoms with E-state index in [0.717, 1.165) is 18.8 Å². The van der Waals surface area contributed by atoms with Crippen LogP contribution >= 0.6 is 0 Å². The first-order chi connectivity index (χ1) is 16.0. The van der Waals surface area contributed by atoms with Crippen LogP contribution in [0.1, 0.15) is 89.9 Å². The van der Waals surface area contributed by atoms with E-state index in [4.69, 9.17) is 14.2 Å². The Morgan fingerprint density at radius 2 is 1.67 bits per heavy atom. The minimum Gasteiger partial charge on any atom is -0.490 e. The Morgan fingerprint density at radius 3 is 2.33 bits per heavy atom. The lowest BCUT2D eigenvalue weighted by molar-refractivity contribution is 0.0524. The minimum atomic E-state index is -0.601. The second-order valence-corrected chi connectivity index (χ2v) is 8.57. The number of unbranched alkanes of at least 4 members (excludes halogenated alkanes) is 3. The second-order valence-electron chi connectivity index (χ2n) is 8.57. The highest BCUT2D eigenvalue weighted by molar-refractivity contribution is 5.94. The number of benzene rings is 1. The van der Waals surface area contributed by atoms with Crippen molar-refractivity contribution in [3.63, 3.8) is 0 Å². The molecule has 1 unspecified atom stereocenters. The third-order valence-corrected chi connectivity index (χ3v) is 5.91. The van der Waals surface area contributed by atoms with Crippen LogP contribution in [-0.2, 0) is 11.3 Å². The first kappa shape index (κ1) is 26.7. The third kappa shape index (κ3) is 7.51. The second kappa shape index (κ2) is 13.9. The summed E-state index contributed by atoms with van der Waals surface area (Å²) in [6, 6.07) is 3.55. The Morgan fingerprint density at radius 1 is 0.939 bits per heavy atom. The average Bonchev–Trinajstić information content (AvgIpc) is 2.79. The van der Waals surface area contributed by atoms with Gasteiger partial charge in [0.1, 0.15) is 5.56 Å². The lowest BCUT2D eigenvalue weighted by Gasteiger charge is -2.16. The van der Waals surface area contributed by atoms with Gasteiger partial charge in [-0.3, -0.25) is 4.79 Å². The molecule has 33 heavy (non-hydrogen) atoms. The highest BCUT2D eigenvalue weighted by Gasteiger charge is 2.19. The fourth-order valence-corrected chi connectivity index (χ4v) is 4.16. The Bertz CT molecular complexity index is 950. The molecule has 0 aliphatic carbocycles. The SMILES string of the molecule is CCCC(C)CCCCCCOc1cc2c(=O)c(C(=O)OCC)cn(CC)c2cc1OCC. The average molecular weight is 460 g/mol. The lowest BCUT2D eigenvalue weighted by atomic mass is 9.98. The fraction of sp³-hybridized carbons (Fsp3) is 0.630. The van der Waals surface area contributed by atoms with Gasteiger partial charge in [0, 0.05) is 18.8 Å². The normalized spacial score (nSPS) is 12.0. The van der Waals surface area contributed by atoms with Crippen molar-refractivity contribution in [2.24, 2.45) is 5.92 Å². The highest BCUT2D eigenvalue weighted by Crippen LogP contribution is 2.32. The molecule has 6 nitrogen and oxygen atoms in total. The largest absolute Gasteiger partial charge is 0.490 e. The van der Waals surface area contributed by atoms with Crippen molar-refractivity contribution < 1.29 is 19.0 Å². The molecule has 0 fully saturated rings. The first-order valence-electron chi connectivity index (χ1n) is 12.6. The summed E-state index contributed by atoms with van der Waals surface area (Å²) in [5, 5.41) is 0.436. The molecule has 0 N–H and O–H groups in total. The number of aryl methyl sites for hydroxylation is 1. The van der Waals surface area contributed by atoms with E-state index in [0.29, 0.717) is 42.2 Å². The van der Waals surface area contributed by atoms with Crippen LogP contribution in [0.15, 0.2) is 23.1 Å². The number of carbonyl (C=O) groups excluding carboxylic acids is 1. The molecule has 0 amide bonds. The van der Waals surface area contributed by atoms with E-state index < -0.39 is 5.97 Å². The summed E-state index contributed by atoms with van der Waals surface area (Å²) in [6.07, 6.45) is 9.96. The Balaban J connectivity index is 2.16. The van der Waals surface area contributed by atoms with Crippen molar-refractivity contribution in [3.05, 3.63) is 34.1 Å². The van der Waals surface area contributed by atoms with Crippen molar-refractivity contribution in [3.8, 4) is 11.5 Å². The molecule has 0 saturated carbocycles. The summed E-state index contributed by atoms with van der Waals surface area (Å²) in [5.74, 6) is 1.37. The van der Waals surface area contributed by atoms with Gasteiger partial charge in [-0.1, -0.05) is 52.4 Å². The molecule has 2 aromatic rings. The van der Waals surface area contributed by atoms with E-state index in [2.05, 4.69) is 13.8 Å². The highest BCUT2D eigenvalue weighted by atomic mass is 16.5. The molecule has 0 radical (unpaired) electrons. The van der Waals surface area contributed by atoms with Crippen LogP contribution in [0.3, 0.4) is 0 Å². The molecule has 0 aliphatic heterocycles. The molecule has 0 spiro atoms. The van der Waals surface area contributed by atoms with E-state index >= 15 is 0 Å². The number of carbonyl (C=O) groups is 1. The van der Waals surface area contributed by atoms with Gasteiger partial charge < -0.3 is 18.8 Å². The molecule has 1 atom stereocenters. The van der Waals surface area contributed by atoms with E-state index in [9.17, 15) is 9.59 Å². The predicted molar refractivity (Wildman–Crippen MR) is 134 cm³/mol. The standard InChI is InChI=1S/C27H41NO5/c1-6-14-20(5)15-12-10-11-13-16-33-24-17-21-23(18-25(24)31-8-3)28(7-2)19-22(26(21)29)27(30)32-9-4/h17-20H,6-16H2,1-5H3. The van der Waals surface area contributed by atoms with Gasteiger partial charge in [0.2, 0.25) is 5.43 Å². The van der Waals surface area contributed by atoms with Crippen LogP contribution in [0.25, 0.3) is 10.9 Å². The van der Waals surface area contributed by atoms with Gasteiger partial charge in [-0.25, -0.2) is 4.79 Å². The number of ether oxygens (including phenoxy) is 3. The summed E-state index contributed by atoms with van der Waals surface area (Å²) < 4.78 is 18.8. The molecule has 0 aliphatic rings. The number of pyridine rings is 1. The van der Waals surface area contributed by atoms with Crippen molar-refractivity contribution in [1.29, 1.82) is 0 Å². The quantitative estimate of drug-likeness (QED) is 0.229. The minimum absolute atomic E-state index is 0.0404. The predicted octanol–water partition coefficient (Wildman–Crippen LogP) is 6.36. The van der Waals surface area contributed by atoms with Crippen molar-refractivity contribution in [2.45, 2.75) is 86.1 Å². The summed E-state index contributed by atoms with van der Waals surface area (Å²) in [4.78, 5) is 25.4. The van der Waals surface area contributed by atoms with Crippen LogP contribution in [0, 0.1) is 5.92 Å². The first-order valence-corrected chi connectivity index (χ1v) is 12.6. The number of fused-ring (bicyclic) bond motifs is 1. The molecular formula is C27H41NO5. The maximum Gasteiger partial charge on any atom is 0.343 e. The number of esters is 1. The monoisotopic (exact) mass is 459 g/mol. The molecule has 1 aromatic heterocycles. The van der Waals surface area contributed by atoms with Gasteiger partial charge in [-0.05, 0) is 39.2 Å². The molecule has 6 heteroatoms. The van der Waals surface area contributed by atoms with E-state index in [1.807, 2.05) is 24.5 Å². The van der Waals surface area contributed by atoms with Crippen LogP contribution < -0.4 is 14.9 Å². The lowest BCUT2D eigenvalue weighted by Crippen LogP contribution is -2.21. The van der Waals surface area contributed by atoms with Crippen molar-refractivity contribution in [2.75, 3.05) is 19.8 Å². The number of nitrogens with zero attached hydrogens (tertiary/aromatic N) is 1. The Kier molecular flexibility index (Phi) is 11.3. The summed E-state index contributed by atoms with van der Waals surface area (Å²) in [5.41, 5.74) is 0.411. The summed E-state index contributed by atoms with van der Waals surface area (Å²) in [6.45, 7) is 12.1. The molecule has 1 aromatic carbocycles. The summed E-state index contributed by atoms with van der Waals surface area (Å²) in [7, 11) is 0. The van der Waals surface area contributed by atoms with E-state index in [1.54, 1.807) is 19.2 Å². The van der Waals surface area contributed by atoms with Gasteiger partial charge in [-0.2, -0.15) is 0 Å². The molecule has 0 bridgehead atoms. The maximum absolute atomic E-state index is 13.1. The zero-order valence-electron chi connectivity index (χ0n) is 21.1. The zero-order valence-corrected chi connectivity index (χ0v) is 21.1. The van der Waals surface area contributed by atoms with Crippen LogP contribution in [0.5, 0.6) is 11.5 Å². The smallest absolute Gasteiger partial charge is 0.343 e. The topological polar surface area (TPSA) is 66.8 Å². The maximum atomic E-state index is 13.1. The Hall–Kier alpha value is -2.50. The molecule has 0 saturated heterocycles. The number of rotatable bonds is 15.